The maximum absolute atomic E-state index is 11.8. The van der Waals surface area contributed by atoms with Crippen molar-refractivity contribution in [2.24, 2.45) is 0 Å². The predicted molar refractivity (Wildman–Crippen MR) is 86.9 cm³/mol. The van der Waals surface area contributed by atoms with E-state index in [1.807, 2.05) is 0 Å². The van der Waals surface area contributed by atoms with E-state index in [2.05, 4.69) is 16.0 Å². The van der Waals surface area contributed by atoms with Gasteiger partial charge in [-0.3, -0.25) is 14.4 Å². The van der Waals surface area contributed by atoms with Crippen LogP contribution in [0.25, 0.3) is 0 Å². The molecule has 120 valence electrons. The third-order valence-electron chi connectivity index (χ3n) is 2.80. The summed E-state index contributed by atoms with van der Waals surface area (Å²) in [5, 5.41) is 8.41. The Bertz CT molecular complexity index is 561. The lowest BCUT2D eigenvalue weighted by Gasteiger charge is -2.10. The number of carbonyl (C=O) groups is 3. The molecule has 6 nitrogen and oxygen atoms in total. The van der Waals surface area contributed by atoms with Crippen LogP contribution in [0.1, 0.15) is 33.1 Å². The van der Waals surface area contributed by atoms with Crippen molar-refractivity contribution in [2.75, 3.05) is 17.2 Å². The molecule has 0 bridgehead atoms. The third kappa shape index (κ3) is 6.58. The first-order chi connectivity index (χ1) is 10.4. The van der Waals surface area contributed by atoms with Crippen molar-refractivity contribution >= 4 is 40.7 Å². The molecular formula is C15H20ClN3O3. The summed E-state index contributed by atoms with van der Waals surface area (Å²) in [6, 6.07) is 4.89. The average molecular weight is 326 g/mol. The molecule has 0 aliphatic carbocycles. The van der Waals surface area contributed by atoms with Crippen LogP contribution in [0.2, 0.25) is 5.02 Å². The zero-order valence-corrected chi connectivity index (χ0v) is 13.4. The second-order valence-corrected chi connectivity index (χ2v) is 5.14. The molecule has 0 heterocycles. The van der Waals surface area contributed by atoms with Crippen molar-refractivity contribution in [3.8, 4) is 0 Å². The van der Waals surface area contributed by atoms with E-state index >= 15 is 0 Å². The number of hydrogen-bond donors (Lipinski definition) is 3. The molecule has 1 rings (SSSR count). The molecule has 0 spiro atoms. The highest BCUT2D eigenvalue weighted by molar-refractivity contribution is 6.33. The molecule has 1 aromatic rings. The minimum Gasteiger partial charge on any atom is -0.356 e. The largest absolute Gasteiger partial charge is 0.356 e. The van der Waals surface area contributed by atoms with Crippen LogP contribution in [-0.2, 0) is 14.4 Å². The molecule has 22 heavy (non-hydrogen) atoms. The molecule has 0 aromatic heterocycles. The number of anilines is 2. The van der Waals surface area contributed by atoms with Gasteiger partial charge in [-0.1, -0.05) is 18.5 Å². The molecule has 0 radical (unpaired) electrons. The molecule has 0 saturated heterocycles. The van der Waals surface area contributed by atoms with Gasteiger partial charge in [-0.15, -0.1) is 0 Å². The standard InChI is InChI=1S/C15H20ClN3O3/c1-3-14(21)18-11-6-7-12(16)13(9-11)19-15(22)5-4-8-17-10(2)20/h6-7,9H,3-5,8H2,1-2H3,(H,17,20)(H,18,21)(H,19,22). The molecule has 0 aliphatic rings. The quantitative estimate of drug-likeness (QED) is 0.673. The van der Waals surface area contributed by atoms with Gasteiger partial charge in [0.1, 0.15) is 0 Å². The van der Waals surface area contributed by atoms with Crippen LogP contribution < -0.4 is 16.0 Å². The lowest BCUT2D eigenvalue weighted by atomic mass is 10.2. The van der Waals surface area contributed by atoms with E-state index in [-0.39, 0.29) is 24.1 Å². The Balaban J connectivity index is 2.56. The predicted octanol–water partition coefficient (Wildman–Crippen LogP) is 2.54. The van der Waals surface area contributed by atoms with Crippen LogP contribution in [0.4, 0.5) is 11.4 Å². The van der Waals surface area contributed by atoms with Crippen LogP contribution in [0, 0.1) is 0 Å². The number of rotatable bonds is 7. The van der Waals surface area contributed by atoms with E-state index < -0.39 is 0 Å². The molecule has 3 N–H and O–H groups in total. The maximum atomic E-state index is 11.8. The summed E-state index contributed by atoms with van der Waals surface area (Å²) in [4.78, 5) is 33.9. The first-order valence-corrected chi connectivity index (χ1v) is 7.44. The Hall–Kier alpha value is -2.08. The number of hydrogen-bond acceptors (Lipinski definition) is 3. The van der Waals surface area contributed by atoms with Gasteiger partial charge < -0.3 is 16.0 Å². The molecule has 0 unspecified atom stereocenters. The topological polar surface area (TPSA) is 87.3 Å². The number of nitrogens with one attached hydrogen (secondary N) is 3. The number of halogens is 1. The summed E-state index contributed by atoms with van der Waals surface area (Å²) in [5.41, 5.74) is 1.02. The second-order valence-electron chi connectivity index (χ2n) is 4.73. The van der Waals surface area contributed by atoms with E-state index in [9.17, 15) is 14.4 Å². The highest BCUT2D eigenvalue weighted by Crippen LogP contribution is 2.25. The van der Waals surface area contributed by atoms with Gasteiger partial charge in [0.25, 0.3) is 0 Å². The normalized spacial score (nSPS) is 9.95. The van der Waals surface area contributed by atoms with E-state index in [0.717, 1.165) is 0 Å². The van der Waals surface area contributed by atoms with Crippen LogP contribution in [0.15, 0.2) is 18.2 Å². The van der Waals surface area contributed by atoms with E-state index in [0.29, 0.717) is 35.8 Å². The van der Waals surface area contributed by atoms with Gasteiger partial charge in [0.15, 0.2) is 0 Å². The van der Waals surface area contributed by atoms with Crippen molar-refractivity contribution in [2.45, 2.75) is 33.1 Å². The number of benzene rings is 1. The molecule has 3 amide bonds. The molecule has 1 aromatic carbocycles. The van der Waals surface area contributed by atoms with Gasteiger partial charge >= 0.3 is 0 Å². The smallest absolute Gasteiger partial charge is 0.224 e. The van der Waals surface area contributed by atoms with Crippen LogP contribution in [-0.4, -0.2) is 24.3 Å². The van der Waals surface area contributed by atoms with Gasteiger partial charge in [-0.2, -0.15) is 0 Å². The summed E-state index contributed by atoms with van der Waals surface area (Å²) >= 11 is 6.03. The Kier molecular flexibility index (Phi) is 7.39. The highest BCUT2D eigenvalue weighted by atomic mass is 35.5. The highest BCUT2D eigenvalue weighted by Gasteiger charge is 2.08. The Morgan fingerprint density at radius 3 is 2.50 bits per heavy atom. The lowest BCUT2D eigenvalue weighted by Crippen LogP contribution is -2.22. The summed E-state index contributed by atoms with van der Waals surface area (Å²) in [7, 11) is 0. The molecule has 0 aliphatic heterocycles. The van der Waals surface area contributed by atoms with Crippen LogP contribution in [0.3, 0.4) is 0 Å². The first-order valence-electron chi connectivity index (χ1n) is 7.06. The minimum atomic E-state index is -0.203. The Morgan fingerprint density at radius 2 is 1.86 bits per heavy atom. The van der Waals surface area contributed by atoms with Crippen molar-refractivity contribution in [1.82, 2.24) is 5.32 Å². The SMILES string of the molecule is CCC(=O)Nc1ccc(Cl)c(NC(=O)CCCNC(C)=O)c1. The fraction of sp³-hybridized carbons (Fsp3) is 0.400. The third-order valence-corrected chi connectivity index (χ3v) is 3.13. The maximum Gasteiger partial charge on any atom is 0.224 e. The summed E-state index contributed by atoms with van der Waals surface area (Å²) in [6.45, 7) is 3.63. The van der Waals surface area contributed by atoms with E-state index in [1.54, 1.807) is 25.1 Å². The van der Waals surface area contributed by atoms with Crippen LogP contribution in [0.5, 0.6) is 0 Å². The fourth-order valence-electron chi connectivity index (χ4n) is 1.67. The summed E-state index contributed by atoms with van der Waals surface area (Å²) in [5.74, 6) is -0.441. The van der Waals surface area contributed by atoms with Crippen molar-refractivity contribution in [1.29, 1.82) is 0 Å². The molecule has 7 heteroatoms. The van der Waals surface area contributed by atoms with Gasteiger partial charge in [-0.25, -0.2) is 0 Å². The molecule has 0 saturated carbocycles. The van der Waals surface area contributed by atoms with E-state index in [1.165, 1.54) is 6.92 Å². The Labute approximate surface area is 134 Å². The van der Waals surface area contributed by atoms with Gasteiger partial charge in [0, 0.05) is 32.0 Å². The lowest BCUT2D eigenvalue weighted by molar-refractivity contribution is -0.119. The van der Waals surface area contributed by atoms with E-state index in [4.69, 9.17) is 11.6 Å². The van der Waals surface area contributed by atoms with Crippen molar-refractivity contribution < 1.29 is 14.4 Å². The van der Waals surface area contributed by atoms with Gasteiger partial charge in [0.2, 0.25) is 17.7 Å². The zero-order valence-electron chi connectivity index (χ0n) is 12.7. The monoisotopic (exact) mass is 325 g/mol. The first kappa shape index (κ1) is 18.0. The Morgan fingerprint density at radius 1 is 1.14 bits per heavy atom. The van der Waals surface area contributed by atoms with Gasteiger partial charge in [0.05, 0.1) is 10.7 Å². The van der Waals surface area contributed by atoms with Crippen LogP contribution >= 0.6 is 11.6 Å². The second kappa shape index (κ2) is 9.04. The average Bonchev–Trinajstić information content (AvgIpc) is 2.46. The van der Waals surface area contributed by atoms with Crippen molar-refractivity contribution in [3.05, 3.63) is 23.2 Å². The number of carbonyl (C=O) groups excluding carboxylic acids is 3. The molecular weight excluding hydrogens is 306 g/mol. The van der Waals surface area contributed by atoms with Gasteiger partial charge in [-0.05, 0) is 24.6 Å². The minimum absolute atomic E-state index is 0.116. The number of amides is 3. The summed E-state index contributed by atoms with van der Waals surface area (Å²) in [6.07, 6.45) is 1.17. The van der Waals surface area contributed by atoms with Crippen molar-refractivity contribution in [3.63, 3.8) is 0 Å². The molecule has 0 atom stereocenters. The molecule has 0 fully saturated rings. The fourth-order valence-corrected chi connectivity index (χ4v) is 1.84. The zero-order chi connectivity index (χ0) is 16.5. The summed E-state index contributed by atoms with van der Waals surface area (Å²) < 4.78 is 0.